The highest BCUT2D eigenvalue weighted by Crippen LogP contribution is 2.34. The summed E-state index contributed by atoms with van der Waals surface area (Å²) in [7, 11) is 1.78. The van der Waals surface area contributed by atoms with Crippen LogP contribution in [0.1, 0.15) is 12.5 Å². The molecule has 1 aromatic carbocycles. The van der Waals surface area contributed by atoms with Crippen LogP contribution in [0.2, 0.25) is 0 Å². The van der Waals surface area contributed by atoms with Crippen molar-refractivity contribution in [3.05, 3.63) is 60.7 Å². The van der Waals surface area contributed by atoms with Crippen LogP contribution in [0.15, 0.2) is 55.1 Å². The number of aromatic nitrogens is 4. The van der Waals surface area contributed by atoms with E-state index in [1.807, 2.05) is 0 Å². The molecule has 0 saturated heterocycles. The Hall–Kier alpha value is -3.62. The van der Waals surface area contributed by atoms with Crippen molar-refractivity contribution in [1.82, 2.24) is 19.2 Å². The Morgan fingerprint density at radius 3 is 2.52 bits per heavy atom. The highest BCUT2D eigenvalue weighted by Gasteiger charge is 2.30. The van der Waals surface area contributed by atoms with Crippen LogP contribution in [-0.2, 0) is 18.0 Å². The second-order valence-electron chi connectivity index (χ2n) is 6.64. The van der Waals surface area contributed by atoms with E-state index in [0.717, 1.165) is 17.7 Å². The van der Waals surface area contributed by atoms with Crippen LogP contribution in [-0.4, -0.2) is 25.1 Å². The zero-order valence-electron chi connectivity index (χ0n) is 15.5. The molecule has 0 bridgehead atoms. The van der Waals surface area contributed by atoms with Crippen molar-refractivity contribution >= 4 is 17.2 Å². The molecule has 3 heterocycles. The number of nitrogens with zero attached hydrogens (tertiary/aromatic N) is 4. The van der Waals surface area contributed by atoms with E-state index in [4.69, 9.17) is 0 Å². The quantitative estimate of drug-likeness (QED) is 0.556. The van der Waals surface area contributed by atoms with E-state index >= 15 is 0 Å². The summed E-state index contributed by atoms with van der Waals surface area (Å²) < 4.78 is 42.8. The van der Waals surface area contributed by atoms with Crippen LogP contribution in [0.3, 0.4) is 0 Å². The first-order valence-corrected chi connectivity index (χ1v) is 8.68. The highest BCUT2D eigenvalue weighted by atomic mass is 19.4. The van der Waals surface area contributed by atoms with Crippen molar-refractivity contribution in [3.63, 3.8) is 0 Å². The number of hydrogen-bond donors (Lipinski definition) is 1. The molecular formula is C20H16F3N5O. The number of halogens is 3. The minimum Gasteiger partial charge on any atom is -0.323 e. The van der Waals surface area contributed by atoms with E-state index in [-0.39, 0.29) is 5.91 Å². The first-order chi connectivity index (χ1) is 13.7. The Kier molecular flexibility index (Phi) is 4.37. The summed E-state index contributed by atoms with van der Waals surface area (Å²) in [5.41, 5.74) is 2.52. The van der Waals surface area contributed by atoms with E-state index < -0.39 is 11.7 Å². The van der Waals surface area contributed by atoms with Gasteiger partial charge < -0.3 is 5.32 Å². The van der Waals surface area contributed by atoms with Crippen molar-refractivity contribution in [2.24, 2.45) is 7.05 Å². The number of nitrogens with one attached hydrogen (secondary N) is 1. The number of benzene rings is 1. The number of pyridine rings is 1. The van der Waals surface area contributed by atoms with E-state index in [2.05, 4.69) is 15.4 Å². The maximum atomic E-state index is 13.1. The smallest absolute Gasteiger partial charge is 0.323 e. The Morgan fingerprint density at radius 2 is 1.86 bits per heavy atom. The number of carbonyl (C=O) groups excluding carboxylic acids is 1. The van der Waals surface area contributed by atoms with Gasteiger partial charge in [-0.1, -0.05) is 12.1 Å². The number of anilines is 1. The van der Waals surface area contributed by atoms with Gasteiger partial charge in [0, 0.05) is 37.5 Å². The molecule has 1 amide bonds. The number of carbonyl (C=O) groups is 1. The van der Waals surface area contributed by atoms with E-state index in [0.29, 0.717) is 28.2 Å². The molecule has 0 atom stereocenters. The van der Waals surface area contributed by atoms with Crippen LogP contribution < -0.4 is 5.32 Å². The Balaban J connectivity index is 1.94. The molecule has 1 N–H and O–H groups in total. The summed E-state index contributed by atoms with van der Waals surface area (Å²) in [5, 5.41) is 6.86. The van der Waals surface area contributed by atoms with Crippen molar-refractivity contribution in [1.29, 1.82) is 0 Å². The number of fused-ring (bicyclic) bond motifs is 1. The fourth-order valence-electron chi connectivity index (χ4n) is 3.17. The van der Waals surface area contributed by atoms with E-state index in [1.54, 1.807) is 53.1 Å². The minimum absolute atomic E-state index is 0.306. The molecule has 4 rings (SSSR count). The van der Waals surface area contributed by atoms with Crippen LogP contribution in [0.5, 0.6) is 0 Å². The van der Waals surface area contributed by atoms with Crippen LogP contribution in [0, 0.1) is 0 Å². The predicted molar refractivity (Wildman–Crippen MR) is 102 cm³/mol. The Labute approximate surface area is 163 Å². The van der Waals surface area contributed by atoms with Crippen LogP contribution >= 0.6 is 0 Å². The topological polar surface area (TPSA) is 64.2 Å². The molecule has 6 nitrogen and oxygen atoms in total. The van der Waals surface area contributed by atoms with Gasteiger partial charge in [-0.15, -0.1) is 0 Å². The highest BCUT2D eigenvalue weighted by molar-refractivity contribution is 5.94. The van der Waals surface area contributed by atoms with Crippen LogP contribution in [0.25, 0.3) is 28.0 Å². The number of hydrogen-bond acceptors (Lipinski definition) is 3. The van der Waals surface area contributed by atoms with Gasteiger partial charge >= 0.3 is 6.18 Å². The third-order valence-corrected chi connectivity index (χ3v) is 4.44. The first-order valence-electron chi connectivity index (χ1n) is 8.68. The lowest BCUT2D eigenvalue weighted by Crippen LogP contribution is -2.08. The molecule has 0 fully saturated rings. The Bertz CT molecular complexity index is 1220. The molecule has 3 aromatic heterocycles. The lowest BCUT2D eigenvalue weighted by molar-refractivity contribution is -0.137. The minimum atomic E-state index is -4.45. The largest absolute Gasteiger partial charge is 0.416 e. The summed E-state index contributed by atoms with van der Waals surface area (Å²) in [4.78, 5) is 16.0. The first kappa shape index (κ1) is 18.7. The average molecular weight is 399 g/mol. The van der Waals surface area contributed by atoms with Crippen molar-refractivity contribution in [2.75, 3.05) is 5.32 Å². The molecule has 9 heteroatoms. The number of imidazole rings is 1. The fraction of sp³-hybridized carbons (Fsp3) is 0.150. The van der Waals surface area contributed by atoms with Crippen LogP contribution in [0.4, 0.5) is 18.9 Å². The van der Waals surface area contributed by atoms with Crippen molar-refractivity contribution in [2.45, 2.75) is 13.1 Å². The number of alkyl halides is 3. The maximum Gasteiger partial charge on any atom is 0.416 e. The normalized spacial score (nSPS) is 11.8. The molecule has 0 saturated carbocycles. The maximum absolute atomic E-state index is 13.1. The van der Waals surface area contributed by atoms with Gasteiger partial charge in [0.05, 0.1) is 29.3 Å². The zero-order valence-corrected chi connectivity index (χ0v) is 15.5. The zero-order chi connectivity index (χ0) is 20.8. The molecule has 0 aliphatic rings. The molecule has 0 radical (unpaired) electrons. The summed E-state index contributed by atoms with van der Waals surface area (Å²) in [6.07, 6.45) is 2.35. The standard InChI is InChI=1S/C20H16F3N5O/c1-12(29)26-17-7-14(13-4-3-5-16(6-13)20(21,22)23)11-28-18(9-24-19(17)28)15-8-25-27(2)10-15/h3-11H,1-2H3,(H,26,29). The van der Waals surface area contributed by atoms with Gasteiger partial charge in [-0.2, -0.15) is 18.3 Å². The number of rotatable bonds is 3. The second kappa shape index (κ2) is 6.77. The van der Waals surface area contributed by atoms with Crippen molar-refractivity contribution in [3.8, 4) is 22.4 Å². The number of aryl methyl sites for hydroxylation is 1. The molecule has 29 heavy (non-hydrogen) atoms. The lowest BCUT2D eigenvalue weighted by Gasteiger charge is -2.12. The molecule has 0 spiro atoms. The van der Waals surface area contributed by atoms with Gasteiger partial charge in [0.1, 0.15) is 0 Å². The van der Waals surface area contributed by atoms with Gasteiger partial charge in [0.2, 0.25) is 5.91 Å². The van der Waals surface area contributed by atoms with Gasteiger partial charge in [-0.05, 0) is 23.8 Å². The van der Waals surface area contributed by atoms with E-state index in [9.17, 15) is 18.0 Å². The average Bonchev–Trinajstić information content (AvgIpc) is 3.26. The lowest BCUT2D eigenvalue weighted by atomic mass is 10.0. The molecule has 148 valence electrons. The molecule has 0 aliphatic heterocycles. The molecule has 0 unspecified atom stereocenters. The SMILES string of the molecule is CC(=O)Nc1cc(-c2cccc(C(F)(F)F)c2)cn2c(-c3cnn(C)c3)cnc12. The Morgan fingerprint density at radius 1 is 1.07 bits per heavy atom. The van der Waals surface area contributed by atoms with Gasteiger partial charge in [-0.25, -0.2) is 4.98 Å². The molecule has 0 aliphatic carbocycles. The molecule has 4 aromatic rings. The number of amides is 1. The summed E-state index contributed by atoms with van der Waals surface area (Å²) in [5.74, 6) is -0.306. The summed E-state index contributed by atoms with van der Waals surface area (Å²) in [6, 6.07) is 6.67. The van der Waals surface area contributed by atoms with Gasteiger partial charge in [0.25, 0.3) is 0 Å². The fourth-order valence-corrected chi connectivity index (χ4v) is 3.17. The monoisotopic (exact) mass is 399 g/mol. The van der Waals surface area contributed by atoms with E-state index in [1.165, 1.54) is 13.0 Å². The molecular weight excluding hydrogens is 383 g/mol. The summed E-state index contributed by atoms with van der Waals surface area (Å²) >= 11 is 0. The second-order valence-corrected chi connectivity index (χ2v) is 6.64. The van der Waals surface area contributed by atoms with Crippen molar-refractivity contribution < 1.29 is 18.0 Å². The third-order valence-electron chi connectivity index (χ3n) is 4.44. The van der Waals surface area contributed by atoms with Gasteiger partial charge in [-0.3, -0.25) is 13.9 Å². The predicted octanol–water partition coefficient (Wildman–Crippen LogP) is 4.38. The third kappa shape index (κ3) is 3.58. The van der Waals surface area contributed by atoms with Gasteiger partial charge in [0.15, 0.2) is 5.65 Å². The summed E-state index contributed by atoms with van der Waals surface area (Å²) in [6.45, 7) is 1.36.